The lowest BCUT2D eigenvalue weighted by Crippen LogP contribution is -2.39. The molecule has 0 fully saturated rings. The summed E-state index contributed by atoms with van der Waals surface area (Å²) >= 11 is 0. The summed E-state index contributed by atoms with van der Waals surface area (Å²) in [5.74, 6) is 0.861. The van der Waals surface area contributed by atoms with E-state index in [1.807, 2.05) is 30.3 Å². The van der Waals surface area contributed by atoms with Crippen LogP contribution in [0.4, 0.5) is 0 Å². The van der Waals surface area contributed by atoms with E-state index >= 15 is 0 Å². The van der Waals surface area contributed by atoms with Gasteiger partial charge in [-0.05, 0) is 43.9 Å². The molecule has 0 saturated heterocycles. The van der Waals surface area contributed by atoms with E-state index in [0.717, 1.165) is 43.9 Å². The maximum atomic E-state index is 11.7. The number of benzene rings is 1. The zero-order valence-electron chi connectivity index (χ0n) is 15.1. The highest BCUT2D eigenvalue weighted by atomic mass is 16.1. The Hall–Kier alpha value is -2.30. The number of hydrogen-bond donors (Lipinski definition) is 2. The van der Waals surface area contributed by atoms with Crippen LogP contribution >= 0.6 is 0 Å². The van der Waals surface area contributed by atoms with Gasteiger partial charge in [-0.2, -0.15) is 0 Å². The average molecular weight is 330 g/mol. The molecule has 0 aliphatic carbocycles. The van der Waals surface area contributed by atoms with Crippen molar-refractivity contribution in [3.8, 4) is 0 Å². The van der Waals surface area contributed by atoms with Gasteiger partial charge in [0.1, 0.15) is 0 Å². The normalized spacial score (nSPS) is 11.0. The molecule has 0 aliphatic rings. The molecular weight excluding hydrogens is 300 g/mol. The summed E-state index contributed by atoms with van der Waals surface area (Å²) in [5, 5.41) is 5.97. The number of nitrogens with zero attached hydrogens (tertiary/aromatic N) is 2. The second kappa shape index (κ2) is 11.3. The first-order valence-corrected chi connectivity index (χ1v) is 8.53. The molecule has 1 amide bonds. The summed E-state index contributed by atoms with van der Waals surface area (Å²) < 4.78 is 0. The van der Waals surface area contributed by atoms with Gasteiger partial charge in [-0.25, -0.2) is 0 Å². The van der Waals surface area contributed by atoms with Crippen molar-refractivity contribution in [2.24, 2.45) is 4.99 Å². The fourth-order valence-corrected chi connectivity index (χ4v) is 2.35. The van der Waals surface area contributed by atoms with Crippen molar-refractivity contribution < 1.29 is 4.79 Å². The summed E-state index contributed by atoms with van der Waals surface area (Å²) in [6, 6.07) is 7.69. The zero-order valence-corrected chi connectivity index (χ0v) is 15.1. The van der Waals surface area contributed by atoms with E-state index in [9.17, 15) is 4.79 Å². The van der Waals surface area contributed by atoms with Crippen LogP contribution in [0.15, 0.2) is 41.9 Å². The molecule has 1 aromatic rings. The number of allylic oxidation sites excluding steroid dienone is 1. The summed E-state index contributed by atoms with van der Waals surface area (Å²) in [6.07, 6.45) is 4.83. The van der Waals surface area contributed by atoms with Crippen LogP contribution in [0, 0.1) is 0 Å². The fraction of sp³-hybridized carbons (Fsp3) is 0.474. The van der Waals surface area contributed by atoms with Gasteiger partial charge in [-0.15, -0.1) is 6.58 Å². The van der Waals surface area contributed by atoms with E-state index in [-0.39, 0.29) is 5.91 Å². The van der Waals surface area contributed by atoms with Gasteiger partial charge >= 0.3 is 0 Å². The Kier molecular flexibility index (Phi) is 9.27. The molecule has 5 nitrogen and oxygen atoms in total. The molecular formula is C19H30N4O. The van der Waals surface area contributed by atoms with Gasteiger partial charge in [0, 0.05) is 39.3 Å². The first-order valence-electron chi connectivity index (χ1n) is 8.53. The molecule has 5 heteroatoms. The van der Waals surface area contributed by atoms with E-state index < -0.39 is 0 Å². The third-order valence-corrected chi connectivity index (χ3v) is 3.68. The van der Waals surface area contributed by atoms with Gasteiger partial charge in [0.2, 0.25) is 0 Å². The van der Waals surface area contributed by atoms with E-state index in [0.29, 0.717) is 12.1 Å². The third-order valence-electron chi connectivity index (χ3n) is 3.68. The van der Waals surface area contributed by atoms with Crippen molar-refractivity contribution in [2.45, 2.75) is 26.2 Å². The van der Waals surface area contributed by atoms with Crippen molar-refractivity contribution in [1.82, 2.24) is 15.5 Å². The van der Waals surface area contributed by atoms with Gasteiger partial charge in [-0.1, -0.05) is 18.2 Å². The Bertz CT molecular complexity index is 554. The maximum absolute atomic E-state index is 11.7. The molecule has 0 saturated carbocycles. The predicted molar refractivity (Wildman–Crippen MR) is 102 cm³/mol. The quantitative estimate of drug-likeness (QED) is 0.316. The molecule has 0 atom stereocenters. The monoisotopic (exact) mass is 330 g/mol. The minimum absolute atomic E-state index is 0.0596. The first kappa shape index (κ1) is 19.7. The van der Waals surface area contributed by atoms with Crippen LogP contribution in [0.5, 0.6) is 0 Å². The van der Waals surface area contributed by atoms with Gasteiger partial charge in [0.25, 0.3) is 5.91 Å². The first-order chi connectivity index (χ1) is 11.6. The molecule has 0 aromatic heterocycles. The summed E-state index contributed by atoms with van der Waals surface area (Å²) in [5.41, 5.74) is 1.80. The van der Waals surface area contributed by atoms with Crippen LogP contribution in [0.1, 0.15) is 35.7 Å². The minimum atomic E-state index is -0.0596. The van der Waals surface area contributed by atoms with E-state index in [1.165, 1.54) is 0 Å². The summed E-state index contributed by atoms with van der Waals surface area (Å²) in [4.78, 5) is 18.5. The number of carbonyl (C=O) groups excluding carboxylic acids is 1. The summed E-state index contributed by atoms with van der Waals surface area (Å²) in [6.45, 7) is 8.30. The van der Waals surface area contributed by atoms with Crippen molar-refractivity contribution in [2.75, 3.05) is 33.7 Å². The highest BCUT2D eigenvalue weighted by Crippen LogP contribution is 2.06. The van der Waals surface area contributed by atoms with E-state index in [1.54, 1.807) is 7.05 Å². The number of amides is 1. The number of unbranched alkanes of at least 4 members (excludes halogenated alkanes) is 1. The topological polar surface area (TPSA) is 56.7 Å². The Morgan fingerprint density at radius 2 is 2.21 bits per heavy atom. The van der Waals surface area contributed by atoms with Crippen molar-refractivity contribution in [3.63, 3.8) is 0 Å². The Morgan fingerprint density at radius 3 is 2.88 bits per heavy atom. The molecule has 0 unspecified atom stereocenters. The SMILES string of the molecule is C=CCCCN(C)C(=NCCc1cccc(C(=O)NC)c1)NCC. The van der Waals surface area contributed by atoms with Crippen LogP contribution < -0.4 is 10.6 Å². The minimum Gasteiger partial charge on any atom is -0.357 e. The van der Waals surface area contributed by atoms with Crippen LogP contribution in [0.25, 0.3) is 0 Å². The second-order valence-corrected chi connectivity index (χ2v) is 5.62. The lowest BCUT2D eigenvalue weighted by Gasteiger charge is -2.21. The number of guanidine groups is 1. The van der Waals surface area contributed by atoms with Crippen LogP contribution in [-0.2, 0) is 6.42 Å². The highest BCUT2D eigenvalue weighted by Gasteiger charge is 2.06. The molecule has 2 N–H and O–H groups in total. The molecule has 1 rings (SSSR count). The van der Waals surface area contributed by atoms with E-state index in [4.69, 9.17) is 0 Å². The Morgan fingerprint density at radius 1 is 1.42 bits per heavy atom. The Balaban J connectivity index is 2.63. The molecule has 1 aromatic carbocycles. The second-order valence-electron chi connectivity index (χ2n) is 5.62. The third kappa shape index (κ3) is 6.86. The number of aliphatic imine (C=N–C) groups is 1. The molecule has 0 aliphatic heterocycles. The van der Waals surface area contributed by atoms with Crippen LogP contribution in [0.2, 0.25) is 0 Å². The molecule has 0 bridgehead atoms. The predicted octanol–water partition coefficient (Wildman–Crippen LogP) is 2.45. The number of carbonyl (C=O) groups is 1. The van der Waals surface area contributed by atoms with E-state index in [2.05, 4.69) is 41.1 Å². The zero-order chi connectivity index (χ0) is 17.8. The molecule has 132 valence electrons. The number of hydrogen-bond acceptors (Lipinski definition) is 2. The smallest absolute Gasteiger partial charge is 0.251 e. The number of rotatable bonds is 9. The lowest BCUT2D eigenvalue weighted by molar-refractivity contribution is 0.0963. The fourth-order valence-electron chi connectivity index (χ4n) is 2.35. The highest BCUT2D eigenvalue weighted by molar-refractivity contribution is 5.94. The number of nitrogens with one attached hydrogen (secondary N) is 2. The summed E-state index contributed by atoms with van der Waals surface area (Å²) in [7, 11) is 3.70. The van der Waals surface area contributed by atoms with Gasteiger partial charge in [0.05, 0.1) is 0 Å². The van der Waals surface area contributed by atoms with Crippen molar-refractivity contribution in [3.05, 3.63) is 48.0 Å². The van der Waals surface area contributed by atoms with Crippen molar-refractivity contribution >= 4 is 11.9 Å². The molecule has 0 heterocycles. The standard InChI is InChI=1S/C19H30N4O/c1-5-7-8-14-23(4)19(21-6-2)22-13-12-16-10-9-11-17(15-16)18(24)20-3/h5,9-11,15H,1,6-8,12-14H2,2-4H3,(H,20,24)(H,21,22). The van der Waals surface area contributed by atoms with Gasteiger partial charge in [-0.3, -0.25) is 9.79 Å². The Labute approximate surface area is 145 Å². The lowest BCUT2D eigenvalue weighted by atomic mass is 10.1. The largest absolute Gasteiger partial charge is 0.357 e. The molecule has 0 radical (unpaired) electrons. The van der Waals surface area contributed by atoms with Crippen LogP contribution in [-0.4, -0.2) is 50.5 Å². The molecule has 24 heavy (non-hydrogen) atoms. The maximum Gasteiger partial charge on any atom is 0.251 e. The molecule has 0 spiro atoms. The van der Waals surface area contributed by atoms with Crippen molar-refractivity contribution in [1.29, 1.82) is 0 Å². The van der Waals surface area contributed by atoms with Gasteiger partial charge < -0.3 is 15.5 Å². The van der Waals surface area contributed by atoms with Crippen LogP contribution in [0.3, 0.4) is 0 Å². The van der Waals surface area contributed by atoms with Gasteiger partial charge in [0.15, 0.2) is 5.96 Å². The average Bonchev–Trinajstić information content (AvgIpc) is 2.60.